The molecule has 272 valence electrons. The number of aryl methyl sites for hydroxylation is 1. The fourth-order valence-corrected chi connectivity index (χ4v) is 9.46. The Balaban J connectivity index is 1.35. The first kappa shape index (κ1) is 36.1. The van der Waals surface area contributed by atoms with Gasteiger partial charge in [-0.15, -0.1) is 13.2 Å². The number of nitrogens with zero attached hydrogens (tertiary/aromatic N) is 1. The van der Waals surface area contributed by atoms with E-state index in [1.165, 1.54) is 66.9 Å². The van der Waals surface area contributed by atoms with Gasteiger partial charge in [-0.1, -0.05) is 177 Å². The summed E-state index contributed by atoms with van der Waals surface area (Å²) in [7, 11) is 0. The molecule has 0 aliphatic heterocycles. The van der Waals surface area contributed by atoms with Gasteiger partial charge in [0.1, 0.15) is 0 Å². The van der Waals surface area contributed by atoms with Crippen LogP contribution in [-0.2, 0) is 30.1 Å². The van der Waals surface area contributed by atoms with Crippen molar-refractivity contribution in [3.05, 3.63) is 245 Å². The lowest BCUT2D eigenvalue weighted by Crippen LogP contribution is -2.35. The van der Waals surface area contributed by atoms with E-state index in [1.54, 1.807) is 0 Å². The fraction of sp³-hybridized carbons (Fsp3) is 0.185. The molecule has 0 fully saturated rings. The van der Waals surface area contributed by atoms with Crippen molar-refractivity contribution in [1.29, 1.82) is 0 Å². The highest BCUT2D eigenvalue weighted by molar-refractivity contribution is 5.88. The van der Waals surface area contributed by atoms with Gasteiger partial charge in [0.25, 0.3) is 0 Å². The zero-order valence-electron chi connectivity index (χ0n) is 32.5. The molecule has 0 saturated heterocycles. The van der Waals surface area contributed by atoms with Gasteiger partial charge in [-0.25, -0.2) is 0 Å². The lowest BCUT2D eigenvalue weighted by molar-refractivity contribution is 0.641. The largest absolute Gasteiger partial charge is 0.335 e. The molecule has 55 heavy (non-hydrogen) atoms. The smallest absolute Gasteiger partial charge is 0.0714 e. The minimum Gasteiger partial charge on any atom is -0.335 e. The molecule has 0 aromatic heterocycles. The average molecular weight is 714 g/mol. The Bertz CT molecular complexity index is 2370. The Morgan fingerprint density at radius 1 is 0.673 bits per heavy atom. The molecule has 6 aromatic rings. The van der Waals surface area contributed by atoms with Crippen LogP contribution in [0.25, 0.3) is 11.1 Å². The SMILES string of the molecule is C=CCCc1ccccc1CC(C=C)N(C(=C/C)/C=C1\Cc2ccccc2C1(C)C)c1ccc2c(c1)C(c1ccccc1)(c1ccccc1)c1ccccc1-2. The molecular weight excluding hydrogens is 663 g/mol. The van der Waals surface area contributed by atoms with Crippen LogP contribution in [0.2, 0.25) is 0 Å². The topological polar surface area (TPSA) is 3.24 Å². The number of fused-ring (bicyclic) bond motifs is 4. The van der Waals surface area contributed by atoms with Crippen LogP contribution < -0.4 is 4.90 Å². The van der Waals surface area contributed by atoms with E-state index in [2.05, 4.69) is 209 Å². The zero-order valence-corrected chi connectivity index (χ0v) is 32.5. The molecule has 0 amide bonds. The van der Waals surface area contributed by atoms with E-state index in [0.29, 0.717) is 0 Å². The van der Waals surface area contributed by atoms with Crippen molar-refractivity contribution < 1.29 is 0 Å². The summed E-state index contributed by atoms with van der Waals surface area (Å²) in [4.78, 5) is 2.56. The second-order valence-electron chi connectivity index (χ2n) is 15.6. The van der Waals surface area contributed by atoms with E-state index in [0.717, 1.165) is 31.4 Å². The first-order valence-corrected chi connectivity index (χ1v) is 19.8. The van der Waals surface area contributed by atoms with Gasteiger partial charge in [-0.3, -0.25) is 0 Å². The van der Waals surface area contributed by atoms with Crippen LogP contribution in [0.15, 0.2) is 200 Å². The second-order valence-corrected chi connectivity index (χ2v) is 15.6. The highest BCUT2D eigenvalue weighted by atomic mass is 15.2. The van der Waals surface area contributed by atoms with E-state index >= 15 is 0 Å². The summed E-state index contributed by atoms with van der Waals surface area (Å²) in [5.74, 6) is 0. The van der Waals surface area contributed by atoms with Crippen LogP contribution in [0.5, 0.6) is 0 Å². The van der Waals surface area contributed by atoms with Gasteiger partial charge < -0.3 is 4.90 Å². The van der Waals surface area contributed by atoms with Gasteiger partial charge >= 0.3 is 0 Å². The summed E-state index contributed by atoms with van der Waals surface area (Å²) in [6.45, 7) is 15.5. The molecule has 1 unspecified atom stereocenters. The van der Waals surface area contributed by atoms with Crippen molar-refractivity contribution in [2.24, 2.45) is 0 Å². The van der Waals surface area contributed by atoms with Crippen molar-refractivity contribution in [2.75, 3.05) is 4.90 Å². The Labute approximate surface area is 328 Å². The van der Waals surface area contributed by atoms with Gasteiger partial charge in [0.2, 0.25) is 0 Å². The predicted octanol–water partition coefficient (Wildman–Crippen LogP) is 13.1. The molecule has 2 aliphatic carbocycles. The molecular formula is C54H51N. The molecule has 6 aromatic carbocycles. The molecule has 1 atom stereocenters. The van der Waals surface area contributed by atoms with E-state index in [1.807, 2.05) is 6.08 Å². The molecule has 0 saturated carbocycles. The molecule has 2 aliphatic rings. The monoisotopic (exact) mass is 713 g/mol. The Hall–Kier alpha value is -5.92. The fourth-order valence-electron chi connectivity index (χ4n) is 9.46. The highest BCUT2D eigenvalue weighted by Crippen LogP contribution is 2.57. The molecule has 1 heteroatoms. The van der Waals surface area contributed by atoms with Gasteiger partial charge in [0.15, 0.2) is 0 Å². The first-order valence-electron chi connectivity index (χ1n) is 19.8. The zero-order chi connectivity index (χ0) is 38.0. The molecule has 0 N–H and O–H groups in total. The minimum atomic E-state index is -0.485. The number of hydrogen-bond donors (Lipinski definition) is 0. The number of rotatable bonds is 12. The van der Waals surface area contributed by atoms with Crippen molar-refractivity contribution >= 4 is 5.69 Å². The summed E-state index contributed by atoms with van der Waals surface area (Å²) in [5.41, 5.74) is 16.5. The van der Waals surface area contributed by atoms with E-state index in [-0.39, 0.29) is 11.5 Å². The van der Waals surface area contributed by atoms with Crippen LogP contribution in [0.3, 0.4) is 0 Å². The van der Waals surface area contributed by atoms with Crippen LogP contribution in [0.1, 0.15) is 71.7 Å². The van der Waals surface area contributed by atoms with Gasteiger partial charge in [0, 0.05) is 16.8 Å². The lowest BCUT2D eigenvalue weighted by Gasteiger charge is -2.37. The molecule has 0 spiro atoms. The third kappa shape index (κ3) is 6.22. The average Bonchev–Trinajstić information content (AvgIpc) is 3.67. The van der Waals surface area contributed by atoms with Crippen LogP contribution in [-0.4, -0.2) is 6.04 Å². The third-order valence-electron chi connectivity index (χ3n) is 12.3. The molecule has 0 heterocycles. The quantitative estimate of drug-likeness (QED) is 0.114. The minimum absolute atomic E-state index is 0.00972. The van der Waals surface area contributed by atoms with Gasteiger partial charge in [-0.05, 0) is 106 Å². The third-order valence-corrected chi connectivity index (χ3v) is 12.3. The summed E-state index contributed by atoms with van der Waals surface area (Å²) in [6.07, 6.45) is 12.7. The summed E-state index contributed by atoms with van der Waals surface area (Å²) in [6, 6.07) is 56.3. The standard InChI is InChI=1S/C54H51N/c1-6-9-22-39-23-16-17-24-40(39)36-45(7-2)55(46(8-3)37-44-35-41-25-18-20-31-50(41)53(44,4)5)47-33-34-49-48-30-19-21-32-51(48)54(52(49)38-47,42-26-12-10-13-27-42)43-28-14-11-15-29-43/h6-8,10-21,23-34,37-38,45H,1-2,9,22,35-36H2,3-5H3/b44-37+,46-8+. The number of allylic oxidation sites excluding steroid dienone is 4. The summed E-state index contributed by atoms with van der Waals surface area (Å²) < 4.78 is 0. The molecule has 0 radical (unpaired) electrons. The van der Waals surface area contributed by atoms with Crippen molar-refractivity contribution in [1.82, 2.24) is 0 Å². The number of benzene rings is 6. The van der Waals surface area contributed by atoms with Crippen molar-refractivity contribution in [2.45, 2.75) is 63.3 Å². The van der Waals surface area contributed by atoms with E-state index in [9.17, 15) is 0 Å². The van der Waals surface area contributed by atoms with Crippen molar-refractivity contribution in [3.63, 3.8) is 0 Å². The van der Waals surface area contributed by atoms with Crippen molar-refractivity contribution in [3.8, 4) is 11.1 Å². The Morgan fingerprint density at radius 3 is 1.93 bits per heavy atom. The maximum absolute atomic E-state index is 4.53. The van der Waals surface area contributed by atoms with Gasteiger partial charge in [0.05, 0.1) is 11.5 Å². The highest BCUT2D eigenvalue weighted by Gasteiger charge is 2.46. The number of anilines is 1. The number of hydrogen-bond acceptors (Lipinski definition) is 1. The van der Waals surface area contributed by atoms with Gasteiger partial charge in [-0.2, -0.15) is 0 Å². The maximum Gasteiger partial charge on any atom is 0.0714 e. The molecule has 1 nitrogen and oxygen atoms in total. The van der Waals surface area contributed by atoms with E-state index in [4.69, 9.17) is 0 Å². The lowest BCUT2D eigenvalue weighted by atomic mass is 9.67. The first-order chi connectivity index (χ1) is 26.9. The van der Waals surface area contributed by atoms with Crippen LogP contribution in [0.4, 0.5) is 5.69 Å². The Kier molecular flexibility index (Phi) is 9.89. The Morgan fingerprint density at radius 2 is 1.27 bits per heavy atom. The normalized spacial score (nSPS) is 16.2. The summed E-state index contributed by atoms with van der Waals surface area (Å²) in [5, 5.41) is 0. The van der Waals surface area contributed by atoms with E-state index < -0.39 is 5.41 Å². The van der Waals surface area contributed by atoms with Crippen LogP contribution >= 0.6 is 0 Å². The maximum atomic E-state index is 4.53. The second kappa shape index (κ2) is 15.1. The van der Waals surface area contributed by atoms with Crippen LogP contribution in [0, 0.1) is 0 Å². The predicted molar refractivity (Wildman–Crippen MR) is 234 cm³/mol. The molecule has 0 bridgehead atoms. The molecule has 8 rings (SSSR count). The summed E-state index contributed by atoms with van der Waals surface area (Å²) >= 11 is 0.